The first kappa shape index (κ1) is 10.7. The van der Waals surface area contributed by atoms with Crippen LogP contribution in [-0.2, 0) is 0 Å². The quantitative estimate of drug-likeness (QED) is 0.628. The molecule has 0 radical (unpaired) electrons. The Morgan fingerprint density at radius 2 is 1.93 bits per heavy atom. The molecular weight excluding hydrogens is 170 g/mol. The second kappa shape index (κ2) is 4.75. The van der Waals surface area contributed by atoms with Crippen LogP contribution in [-0.4, -0.2) is 5.71 Å². The first-order chi connectivity index (χ1) is 6.65. The highest BCUT2D eigenvalue weighted by molar-refractivity contribution is 5.86. The van der Waals surface area contributed by atoms with E-state index in [9.17, 15) is 0 Å². The number of hydrogen-bond donors (Lipinski definition) is 0. The number of allylic oxidation sites excluding steroid dienone is 1. The zero-order valence-corrected chi connectivity index (χ0v) is 9.17. The van der Waals surface area contributed by atoms with Gasteiger partial charge in [0, 0.05) is 11.3 Å². The Morgan fingerprint density at radius 3 is 2.50 bits per heavy atom. The lowest BCUT2D eigenvalue weighted by Gasteiger charge is -2.05. The van der Waals surface area contributed by atoms with E-state index in [-0.39, 0.29) is 0 Å². The van der Waals surface area contributed by atoms with Crippen LogP contribution in [0.2, 0.25) is 0 Å². The van der Waals surface area contributed by atoms with Crippen molar-refractivity contribution < 1.29 is 0 Å². The van der Waals surface area contributed by atoms with E-state index in [1.165, 1.54) is 0 Å². The maximum atomic E-state index is 4.55. The van der Waals surface area contributed by atoms with Gasteiger partial charge >= 0.3 is 0 Å². The Hall–Kier alpha value is -1.37. The molecule has 74 valence electrons. The lowest BCUT2D eigenvalue weighted by atomic mass is 10.1. The molecule has 1 rings (SSSR count). The molecule has 0 heterocycles. The summed E-state index contributed by atoms with van der Waals surface area (Å²) in [6.07, 6.45) is 0.991. The second-order valence-electron chi connectivity index (χ2n) is 3.50. The zero-order chi connectivity index (χ0) is 10.6. The molecule has 0 amide bonds. The number of benzene rings is 1. The molecule has 1 aromatic carbocycles. The van der Waals surface area contributed by atoms with E-state index in [2.05, 4.69) is 31.5 Å². The SMILES string of the molecule is C=C(C)c1ccccc1/N=C(/C)CC. The average molecular weight is 187 g/mol. The number of para-hydroxylation sites is 1. The molecule has 0 aromatic heterocycles. The van der Waals surface area contributed by atoms with E-state index >= 15 is 0 Å². The van der Waals surface area contributed by atoms with E-state index in [4.69, 9.17) is 0 Å². The van der Waals surface area contributed by atoms with Crippen molar-refractivity contribution in [3.8, 4) is 0 Å². The van der Waals surface area contributed by atoms with Gasteiger partial charge in [-0.2, -0.15) is 0 Å². The molecule has 0 aliphatic carbocycles. The van der Waals surface area contributed by atoms with Gasteiger partial charge in [-0.15, -0.1) is 0 Å². The summed E-state index contributed by atoms with van der Waals surface area (Å²) >= 11 is 0. The fourth-order valence-electron chi connectivity index (χ4n) is 1.22. The highest BCUT2D eigenvalue weighted by atomic mass is 14.7. The van der Waals surface area contributed by atoms with Crippen LogP contribution in [0.4, 0.5) is 5.69 Å². The summed E-state index contributed by atoms with van der Waals surface area (Å²) in [4.78, 5) is 4.55. The van der Waals surface area contributed by atoms with Crippen LogP contribution in [0.3, 0.4) is 0 Å². The molecule has 1 heteroatoms. The summed E-state index contributed by atoms with van der Waals surface area (Å²) in [5.74, 6) is 0. The van der Waals surface area contributed by atoms with Gasteiger partial charge in [0.1, 0.15) is 0 Å². The molecule has 0 saturated heterocycles. The molecule has 0 saturated carbocycles. The third-order valence-corrected chi connectivity index (χ3v) is 2.19. The minimum absolute atomic E-state index is 0.991. The minimum atomic E-state index is 0.991. The van der Waals surface area contributed by atoms with Crippen molar-refractivity contribution in [2.75, 3.05) is 0 Å². The van der Waals surface area contributed by atoms with Crippen LogP contribution in [0, 0.1) is 0 Å². The smallest absolute Gasteiger partial charge is 0.0703 e. The summed E-state index contributed by atoms with van der Waals surface area (Å²) in [6.45, 7) is 10.1. The number of rotatable bonds is 3. The van der Waals surface area contributed by atoms with E-state index in [0.717, 1.165) is 29.0 Å². The number of nitrogens with zero attached hydrogens (tertiary/aromatic N) is 1. The largest absolute Gasteiger partial charge is 0.258 e. The zero-order valence-electron chi connectivity index (χ0n) is 9.17. The molecule has 0 aliphatic rings. The van der Waals surface area contributed by atoms with E-state index < -0.39 is 0 Å². The molecular formula is C13H17N. The Bertz CT molecular complexity index is 361. The van der Waals surface area contributed by atoms with Gasteiger partial charge in [0.05, 0.1) is 5.69 Å². The van der Waals surface area contributed by atoms with E-state index in [0.29, 0.717) is 0 Å². The van der Waals surface area contributed by atoms with Crippen LogP contribution in [0.5, 0.6) is 0 Å². The Morgan fingerprint density at radius 1 is 1.29 bits per heavy atom. The molecule has 1 nitrogen and oxygen atoms in total. The van der Waals surface area contributed by atoms with Gasteiger partial charge in [-0.3, -0.25) is 4.99 Å². The fourth-order valence-corrected chi connectivity index (χ4v) is 1.22. The van der Waals surface area contributed by atoms with Gasteiger partial charge in [-0.25, -0.2) is 0 Å². The van der Waals surface area contributed by atoms with Gasteiger partial charge in [0.25, 0.3) is 0 Å². The number of hydrogen-bond acceptors (Lipinski definition) is 1. The van der Waals surface area contributed by atoms with Crippen molar-refractivity contribution in [3.63, 3.8) is 0 Å². The summed E-state index contributed by atoms with van der Waals surface area (Å²) in [5, 5.41) is 0. The molecule has 0 unspecified atom stereocenters. The molecule has 1 aromatic rings. The van der Waals surface area contributed by atoms with Crippen LogP contribution in [0.25, 0.3) is 5.57 Å². The topological polar surface area (TPSA) is 12.4 Å². The minimum Gasteiger partial charge on any atom is -0.258 e. The van der Waals surface area contributed by atoms with Crippen molar-refractivity contribution in [2.45, 2.75) is 27.2 Å². The number of aliphatic imine (C=N–C) groups is 1. The van der Waals surface area contributed by atoms with Crippen molar-refractivity contribution in [2.24, 2.45) is 4.99 Å². The molecule has 0 aliphatic heterocycles. The maximum absolute atomic E-state index is 4.55. The average Bonchev–Trinajstić information content (AvgIpc) is 2.18. The predicted molar refractivity (Wildman–Crippen MR) is 64.2 cm³/mol. The predicted octanol–water partition coefficient (Wildman–Crippen LogP) is 4.22. The highest BCUT2D eigenvalue weighted by Crippen LogP contribution is 2.25. The first-order valence-corrected chi connectivity index (χ1v) is 4.94. The van der Waals surface area contributed by atoms with Crippen LogP contribution >= 0.6 is 0 Å². The third-order valence-electron chi connectivity index (χ3n) is 2.19. The van der Waals surface area contributed by atoms with Gasteiger partial charge in [-0.1, -0.05) is 31.7 Å². The van der Waals surface area contributed by atoms with E-state index in [1.807, 2.05) is 25.1 Å². The normalized spacial score (nSPS) is 11.5. The van der Waals surface area contributed by atoms with Crippen LogP contribution in [0.1, 0.15) is 32.8 Å². The maximum Gasteiger partial charge on any atom is 0.0703 e. The van der Waals surface area contributed by atoms with Crippen molar-refractivity contribution in [1.29, 1.82) is 0 Å². The summed E-state index contributed by atoms with van der Waals surface area (Å²) in [6, 6.07) is 8.12. The summed E-state index contributed by atoms with van der Waals surface area (Å²) < 4.78 is 0. The van der Waals surface area contributed by atoms with Crippen molar-refractivity contribution in [1.82, 2.24) is 0 Å². The first-order valence-electron chi connectivity index (χ1n) is 4.94. The van der Waals surface area contributed by atoms with Gasteiger partial charge in [-0.05, 0) is 31.9 Å². The summed E-state index contributed by atoms with van der Waals surface area (Å²) in [7, 11) is 0. The lowest BCUT2D eigenvalue weighted by Crippen LogP contribution is -1.87. The van der Waals surface area contributed by atoms with Gasteiger partial charge in [0.15, 0.2) is 0 Å². The van der Waals surface area contributed by atoms with Crippen LogP contribution in [0.15, 0.2) is 35.8 Å². The highest BCUT2D eigenvalue weighted by Gasteiger charge is 2.00. The monoisotopic (exact) mass is 187 g/mol. The molecule has 0 spiro atoms. The van der Waals surface area contributed by atoms with Crippen molar-refractivity contribution >= 4 is 17.0 Å². The molecule has 0 N–H and O–H groups in total. The molecule has 0 fully saturated rings. The summed E-state index contributed by atoms with van der Waals surface area (Å²) in [5.41, 5.74) is 4.38. The second-order valence-corrected chi connectivity index (χ2v) is 3.50. The van der Waals surface area contributed by atoms with Gasteiger partial charge < -0.3 is 0 Å². The molecule has 0 bridgehead atoms. The Balaban J connectivity index is 3.14. The molecule has 0 atom stereocenters. The van der Waals surface area contributed by atoms with Crippen LogP contribution < -0.4 is 0 Å². The lowest BCUT2D eigenvalue weighted by molar-refractivity contribution is 1.25. The van der Waals surface area contributed by atoms with Crippen molar-refractivity contribution in [3.05, 3.63) is 36.4 Å². The van der Waals surface area contributed by atoms with E-state index in [1.54, 1.807) is 0 Å². The standard InChI is InChI=1S/C13H17N/c1-5-11(4)14-13-9-7-6-8-12(13)10(2)3/h6-9H,2,5H2,1,3-4H3/b14-11-. The Labute approximate surface area is 86.2 Å². The Kier molecular flexibility index (Phi) is 3.63. The molecule has 14 heavy (non-hydrogen) atoms. The third kappa shape index (κ3) is 2.56. The fraction of sp³-hybridized carbons (Fsp3) is 0.308. The van der Waals surface area contributed by atoms with Gasteiger partial charge in [0.2, 0.25) is 0 Å².